The van der Waals surface area contributed by atoms with Crippen LogP contribution >= 0.6 is 23.2 Å². The van der Waals surface area contributed by atoms with E-state index in [2.05, 4.69) is 5.32 Å². The fourth-order valence-corrected chi connectivity index (χ4v) is 2.00. The zero-order valence-electron chi connectivity index (χ0n) is 9.99. The summed E-state index contributed by atoms with van der Waals surface area (Å²) in [6, 6.07) is 0. The summed E-state index contributed by atoms with van der Waals surface area (Å²) >= 11 is 11.7. The third kappa shape index (κ3) is 5.62. The van der Waals surface area contributed by atoms with E-state index < -0.39 is 5.54 Å². The molecule has 0 aliphatic rings. The summed E-state index contributed by atoms with van der Waals surface area (Å²) in [7, 11) is 0. The van der Waals surface area contributed by atoms with E-state index in [-0.39, 0.29) is 11.3 Å². The molecule has 0 spiro atoms. The van der Waals surface area contributed by atoms with Gasteiger partial charge in [-0.15, -0.1) is 23.2 Å². The first-order chi connectivity index (χ1) is 6.78. The lowest BCUT2D eigenvalue weighted by molar-refractivity contribution is -0.124. The SMILES string of the molecule is CCC(CCl)(CCl)NC(=O)CC(C)(C)C. The molecule has 90 valence electrons. The number of amides is 1. The van der Waals surface area contributed by atoms with Crippen LogP contribution < -0.4 is 5.32 Å². The molecule has 0 aromatic rings. The number of carbonyl (C=O) groups is 1. The van der Waals surface area contributed by atoms with Gasteiger partial charge in [0.1, 0.15) is 0 Å². The third-order valence-corrected chi connectivity index (χ3v) is 3.31. The van der Waals surface area contributed by atoms with Crippen LogP contribution in [0.2, 0.25) is 0 Å². The zero-order chi connectivity index (χ0) is 12.1. The highest BCUT2D eigenvalue weighted by Crippen LogP contribution is 2.20. The Balaban J connectivity index is 4.36. The number of carbonyl (C=O) groups excluding carboxylic acids is 1. The molecular formula is C11H21Cl2NO. The van der Waals surface area contributed by atoms with Crippen LogP contribution in [-0.4, -0.2) is 23.2 Å². The highest BCUT2D eigenvalue weighted by atomic mass is 35.5. The normalized spacial score (nSPS) is 12.7. The summed E-state index contributed by atoms with van der Waals surface area (Å²) in [5.74, 6) is 0.719. The zero-order valence-corrected chi connectivity index (χ0v) is 11.5. The Morgan fingerprint density at radius 3 is 1.93 bits per heavy atom. The molecule has 2 nitrogen and oxygen atoms in total. The first kappa shape index (κ1) is 15.0. The third-order valence-electron chi connectivity index (χ3n) is 2.28. The van der Waals surface area contributed by atoms with Crippen molar-refractivity contribution in [1.82, 2.24) is 5.32 Å². The lowest BCUT2D eigenvalue weighted by atomic mass is 9.91. The van der Waals surface area contributed by atoms with Crippen molar-refractivity contribution in [3.8, 4) is 0 Å². The lowest BCUT2D eigenvalue weighted by Crippen LogP contribution is -2.51. The van der Waals surface area contributed by atoms with E-state index in [1.807, 2.05) is 27.7 Å². The molecule has 0 heterocycles. The van der Waals surface area contributed by atoms with Gasteiger partial charge in [-0.3, -0.25) is 4.79 Å². The first-order valence-corrected chi connectivity index (χ1v) is 6.28. The van der Waals surface area contributed by atoms with Crippen LogP contribution in [0.4, 0.5) is 0 Å². The Hall–Kier alpha value is 0.0500. The molecule has 0 bridgehead atoms. The van der Waals surface area contributed by atoms with E-state index in [9.17, 15) is 4.79 Å². The number of nitrogens with one attached hydrogen (secondary N) is 1. The predicted molar refractivity (Wildman–Crippen MR) is 66.7 cm³/mol. The lowest BCUT2D eigenvalue weighted by Gasteiger charge is -2.31. The average Bonchev–Trinajstić information content (AvgIpc) is 2.11. The second-order valence-corrected chi connectivity index (χ2v) is 5.72. The second-order valence-electron chi connectivity index (χ2n) is 5.19. The fraction of sp³-hybridized carbons (Fsp3) is 0.909. The van der Waals surface area contributed by atoms with Crippen LogP contribution in [0.1, 0.15) is 40.5 Å². The van der Waals surface area contributed by atoms with Gasteiger partial charge >= 0.3 is 0 Å². The molecule has 0 aromatic carbocycles. The summed E-state index contributed by atoms with van der Waals surface area (Å²) in [6.07, 6.45) is 1.23. The Morgan fingerprint density at radius 1 is 1.20 bits per heavy atom. The van der Waals surface area contributed by atoms with Crippen molar-refractivity contribution in [2.24, 2.45) is 5.41 Å². The molecule has 0 aliphatic heterocycles. The summed E-state index contributed by atoms with van der Waals surface area (Å²) in [4.78, 5) is 11.7. The number of hydrogen-bond acceptors (Lipinski definition) is 1. The van der Waals surface area contributed by atoms with Gasteiger partial charge < -0.3 is 5.32 Å². The summed E-state index contributed by atoms with van der Waals surface area (Å²) < 4.78 is 0. The van der Waals surface area contributed by atoms with Gasteiger partial charge in [-0.05, 0) is 11.8 Å². The molecule has 0 atom stereocenters. The quantitative estimate of drug-likeness (QED) is 0.750. The van der Waals surface area contributed by atoms with Crippen molar-refractivity contribution in [2.75, 3.05) is 11.8 Å². The first-order valence-electron chi connectivity index (χ1n) is 5.21. The number of hydrogen-bond donors (Lipinski definition) is 1. The van der Waals surface area contributed by atoms with E-state index in [0.717, 1.165) is 6.42 Å². The Kier molecular flexibility index (Phi) is 5.97. The minimum absolute atomic E-state index is 0.0117. The minimum atomic E-state index is -0.453. The van der Waals surface area contributed by atoms with Gasteiger partial charge in [-0.2, -0.15) is 0 Å². The maximum Gasteiger partial charge on any atom is 0.221 e. The fourth-order valence-electron chi connectivity index (χ4n) is 1.20. The van der Waals surface area contributed by atoms with Crippen LogP contribution in [0.5, 0.6) is 0 Å². The van der Waals surface area contributed by atoms with Crippen molar-refractivity contribution in [2.45, 2.75) is 46.1 Å². The van der Waals surface area contributed by atoms with Crippen molar-refractivity contribution in [3.63, 3.8) is 0 Å². The summed E-state index contributed by atoms with van der Waals surface area (Å²) in [5.41, 5.74) is -0.465. The topological polar surface area (TPSA) is 29.1 Å². The molecule has 0 rings (SSSR count). The maximum absolute atomic E-state index is 11.7. The standard InChI is InChI=1S/C11H21Cl2NO/c1-5-11(7-12,8-13)14-9(15)6-10(2,3)4/h5-8H2,1-4H3,(H,14,15). The molecule has 0 fully saturated rings. The van der Waals surface area contributed by atoms with Crippen LogP contribution in [0.15, 0.2) is 0 Å². The average molecular weight is 254 g/mol. The summed E-state index contributed by atoms with van der Waals surface area (Å²) in [6.45, 7) is 8.06. The molecule has 0 aromatic heterocycles. The molecule has 15 heavy (non-hydrogen) atoms. The van der Waals surface area contributed by atoms with E-state index in [1.165, 1.54) is 0 Å². The van der Waals surface area contributed by atoms with E-state index in [1.54, 1.807) is 0 Å². The largest absolute Gasteiger partial charge is 0.348 e. The van der Waals surface area contributed by atoms with Gasteiger partial charge in [0, 0.05) is 18.2 Å². The molecule has 4 heteroatoms. The smallest absolute Gasteiger partial charge is 0.221 e. The molecule has 0 aliphatic carbocycles. The molecular weight excluding hydrogens is 233 g/mol. The number of alkyl halides is 2. The Morgan fingerprint density at radius 2 is 1.67 bits per heavy atom. The van der Waals surface area contributed by atoms with Crippen molar-refractivity contribution < 1.29 is 4.79 Å². The van der Waals surface area contributed by atoms with Crippen molar-refractivity contribution in [1.29, 1.82) is 0 Å². The summed E-state index contributed by atoms with van der Waals surface area (Å²) in [5, 5.41) is 2.93. The highest BCUT2D eigenvalue weighted by molar-refractivity contribution is 6.22. The molecule has 0 unspecified atom stereocenters. The minimum Gasteiger partial charge on any atom is -0.348 e. The predicted octanol–water partition coefficient (Wildman–Crippen LogP) is 3.17. The van der Waals surface area contributed by atoms with Gasteiger partial charge in [0.05, 0.1) is 5.54 Å². The molecule has 0 radical (unpaired) electrons. The molecule has 0 saturated heterocycles. The highest BCUT2D eigenvalue weighted by Gasteiger charge is 2.29. The van der Waals surface area contributed by atoms with E-state index in [4.69, 9.17) is 23.2 Å². The monoisotopic (exact) mass is 253 g/mol. The molecule has 1 N–H and O–H groups in total. The Labute approximate surface area is 103 Å². The Bertz CT molecular complexity index is 199. The maximum atomic E-state index is 11.7. The van der Waals surface area contributed by atoms with Crippen LogP contribution in [0.25, 0.3) is 0 Å². The molecule has 0 saturated carbocycles. The number of halogens is 2. The van der Waals surface area contributed by atoms with Gasteiger partial charge in [-0.25, -0.2) is 0 Å². The van der Waals surface area contributed by atoms with Gasteiger partial charge in [0.25, 0.3) is 0 Å². The van der Waals surface area contributed by atoms with Gasteiger partial charge in [-0.1, -0.05) is 27.7 Å². The van der Waals surface area contributed by atoms with Crippen LogP contribution in [0.3, 0.4) is 0 Å². The van der Waals surface area contributed by atoms with E-state index >= 15 is 0 Å². The van der Waals surface area contributed by atoms with E-state index in [0.29, 0.717) is 18.2 Å². The molecule has 1 amide bonds. The van der Waals surface area contributed by atoms with Crippen LogP contribution in [0, 0.1) is 5.41 Å². The van der Waals surface area contributed by atoms with Gasteiger partial charge in [0.2, 0.25) is 5.91 Å². The van der Waals surface area contributed by atoms with Crippen molar-refractivity contribution >= 4 is 29.1 Å². The van der Waals surface area contributed by atoms with Gasteiger partial charge in [0.15, 0.2) is 0 Å². The van der Waals surface area contributed by atoms with Crippen LogP contribution in [-0.2, 0) is 4.79 Å². The second kappa shape index (κ2) is 5.95. The number of rotatable bonds is 5. The van der Waals surface area contributed by atoms with Crippen molar-refractivity contribution in [3.05, 3.63) is 0 Å².